The van der Waals surface area contributed by atoms with E-state index in [-0.39, 0.29) is 21.0 Å². The summed E-state index contributed by atoms with van der Waals surface area (Å²) in [6.07, 6.45) is 1.16. The lowest BCUT2D eigenvalue weighted by Gasteiger charge is -2.13. The van der Waals surface area contributed by atoms with E-state index in [1.165, 1.54) is 7.11 Å². The lowest BCUT2D eigenvalue weighted by molar-refractivity contribution is 0.0606. The highest BCUT2D eigenvalue weighted by Gasteiger charge is 2.18. The fourth-order valence-corrected chi connectivity index (χ4v) is 3.67. The van der Waals surface area contributed by atoms with E-state index in [0.717, 1.165) is 23.2 Å². The highest BCUT2D eigenvalue weighted by Crippen LogP contribution is 2.30. The van der Waals surface area contributed by atoms with Crippen molar-refractivity contribution in [2.75, 3.05) is 18.7 Å². The largest absolute Gasteiger partial charge is 0.465 e. The molecule has 2 rings (SSSR count). The van der Waals surface area contributed by atoms with Gasteiger partial charge in [0.2, 0.25) is 0 Å². The maximum absolute atomic E-state index is 11.5. The molecular formula is C14H15ClN2O4S2. The monoisotopic (exact) mass is 374 g/mol. The highest BCUT2D eigenvalue weighted by molar-refractivity contribution is 7.90. The SMILES string of the molecule is COC(=O)c1sc(N[C@H](C)c2ccc(S(C)(=O)=O)cc2)nc1Cl. The van der Waals surface area contributed by atoms with Gasteiger partial charge in [0.1, 0.15) is 0 Å². The number of esters is 1. The van der Waals surface area contributed by atoms with Crippen molar-refractivity contribution in [1.82, 2.24) is 4.98 Å². The molecule has 1 N–H and O–H groups in total. The van der Waals surface area contributed by atoms with Crippen molar-refractivity contribution in [3.8, 4) is 0 Å². The van der Waals surface area contributed by atoms with Crippen LogP contribution < -0.4 is 5.32 Å². The Balaban J connectivity index is 2.16. The van der Waals surface area contributed by atoms with Crippen LogP contribution in [0.15, 0.2) is 29.2 Å². The van der Waals surface area contributed by atoms with E-state index in [0.29, 0.717) is 5.13 Å². The number of carbonyl (C=O) groups excluding carboxylic acids is 1. The van der Waals surface area contributed by atoms with E-state index in [9.17, 15) is 13.2 Å². The number of methoxy groups -OCH3 is 1. The Morgan fingerprint density at radius 1 is 1.35 bits per heavy atom. The molecule has 23 heavy (non-hydrogen) atoms. The summed E-state index contributed by atoms with van der Waals surface area (Å²) in [6.45, 7) is 1.89. The molecule has 0 aliphatic heterocycles. The van der Waals surface area contributed by atoms with Crippen LogP contribution in [0.5, 0.6) is 0 Å². The predicted octanol–water partition coefficient (Wildman–Crippen LogP) is 3.16. The molecule has 0 fully saturated rings. The number of ether oxygens (including phenoxy) is 1. The number of nitrogens with zero attached hydrogens (tertiary/aromatic N) is 1. The minimum Gasteiger partial charge on any atom is -0.465 e. The molecule has 1 aromatic carbocycles. The first-order valence-electron chi connectivity index (χ1n) is 6.53. The van der Waals surface area contributed by atoms with Gasteiger partial charge in [-0.1, -0.05) is 35.1 Å². The number of benzene rings is 1. The molecule has 0 saturated heterocycles. The van der Waals surface area contributed by atoms with Gasteiger partial charge in [0.25, 0.3) is 0 Å². The third kappa shape index (κ3) is 4.21. The number of hydrogen-bond acceptors (Lipinski definition) is 7. The van der Waals surface area contributed by atoms with Crippen LogP contribution >= 0.6 is 22.9 Å². The average molecular weight is 375 g/mol. The molecule has 0 unspecified atom stereocenters. The summed E-state index contributed by atoms with van der Waals surface area (Å²) >= 11 is 7.01. The Kier molecular flexibility index (Phi) is 5.28. The Morgan fingerprint density at radius 2 is 1.96 bits per heavy atom. The Bertz CT molecular complexity index is 816. The van der Waals surface area contributed by atoms with Crippen LogP contribution in [0.25, 0.3) is 0 Å². The topological polar surface area (TPSA) is 85.4 Å². The second-order valence-electron chi connectivity index (χ2n) is 4.84. The van der Waals surface area contributed by atoms with Crippen LogP contribution in [0.1, 0.15) is 28.2 Å². The zero-order valence-corrected chi connectivity index (χ0v) is 15.1. The second-order valence-corrected chi connectivity index (χ2v) is 8.21. The van der Waals surface area contributed by atoms with E-state index < -0.39 is 15.8 Å². The number of anilines is 1. The fraction of sp³-hybridized carbons (Fsp3) is 0.286. The summed E-state index contributed by atoms with van der Waals surface area (Å²) in [5.41, 5.74) is 0.878. The number of thiazole rings is 1. The molecule has 1 aromatic heterocycles. The standard InChI is InChI=1S/C14H15ClN2O4S2/c1-8(9-4-6-10(7-5-9)23(3,19)20)16-14-17-12(15)11(22-14)13(18)21-2/h4-8H,1-3H3,(H,16,17)/t8-/m1/s1. The number of hydrogen-bond donors (Lipinski definition) is 1. The maximum atomic E-state index is 11.5. The normalized spacial score (nSPS) is 12.7. The van der Waals surface area contributed by atoms with Gasteiger partial charge < -0.3 is 10.1 Å². The minimum atomic E-state index is -3.22. The van der Waals surface area contributed by atoms with Gasteiger partial charge in [-0.2, -0.15) is 0 Å². The first-order chi connectivity index (χ1) is 10.7. The van der Waals surface area contributed by atoms with Gasteiger partial charge in [-0.05, 0) is 24.6 Å². The van der Waals surface area contributed by atoms with Crippen molar-refractivity contribution in [2.24, 2.45) is 0 Å². The average Bonchev–Trinajstić information content (AvgIpc) is 2.86. The molecule has 9 heteroatoms. The predicted molar refractivity (Wildman–Crippen MR) is 90.1 cm³/mol. The van der Waals surface area contributed by atoms with Gasteiger partial charge in [-0.3, -0.25) is 0 Å². The number of carbonyl (C=O) groups is 1. The Hall–Kier alpha value is -1.64. The molecule has 0 bridgehead atoms. The summed E-state index contributed by atoms with van der Waals surface area (Å²) in [4.78, 5) is 16.1. The molecule has 0 saturated carbocycles. The second kappa shape index (κ2) is 6.86. The van der Waals surface area contributed by atoms with Crippen molar-refractivity contribution in [3.63, 3.8) is 0 Å². The number of aromatic nitrogens is 1. The number of sulfone groups is 1. The van der Waals surface area contributed by atoms with Crippen LogP contribution in [0.3, 0.4) is 0 Å². The molecule has 0 radical (unpaired) electrons. The van der Waals surface area contributed by atoms with Crippen molar-refractivity contribution >= 4 is 43.9 Å². The van der Waals surface area contributed by atoms with Gasteiger partial charge in [-0.15, -0.1) is 0 Å². The maximum Gasteiger partial charge on any atom is 0.351 e. The van der Waals surface area contributed by atoms with E-state index >= 15 is 0 Å². The van der Waals surface area contributed by atoms with E-state index in [1.807, 2.05) is 6.92 Å². The molecule has 2 aromatic rings. The summed E-state index contributed by atoms with van der Waals surface area (Å²) < 4.78 is 27.5. The van der Waals surface area contributed by atoms with Crippen LogP contribution in [0.2, 0.25) is 5.15 Å². The fourth-order valence-electron chi connectivity index (χ4n) is 1.85. The van der Waals surface area contributed by atoms with Crippen LogP contribution in [0, 0.1) is 0 Å². The van der Waals surface area contributed by atoms with Gasteiger partial charge in [0, 0.05) is 6.26 Å². The first-order valence-corrected chi connectivity index (χ1v) is 9.62. The zero-order valence-electron chi connectivity index (χ0n) is 12.7. The smallest absolute Gasteiger partial charge is 0.351 e. The van der Waals surface area contributed by atoms with Crippen molar-refractivity contribution in [2.45, 2.75) is 17.9 Å². The number of rotatable bonds is 5. The molecule has 0 aliphatic carbocycles. The third-order valence-electron chi connectivity index (χ3n) is 3.10. The Labute approximate surface area is 143 Å². The van der Waals surface area contributed by atoms with Gasteiger partial charge >= 0.3 is 5.97 Å². The van der Waals surface area contributed by atoms with Crippen molar-refractivity contribution < 1.29 is 17.9 Å². The lowest BCUT2D eigenvalue weighted by Crippen LogP contribution is -2.06. The van der Waals surface area contributed by atoms with E-state index in [1.54, 1.807) is 24.3 Å². The number of halogens is 1. The van der Waals surface area contributed by atoms with Crippen LogP contribution in [0.4, 0.5) is 5.13 Å². The molecule has 124 valence electrons. The van der Waals surface area contributed by atoms with Crippen LogP contribution in [-0.2, 0) is 14.6 Å². The van der Waals surface area contributed by atoms with Gasteiger partial charge in [-0.25, -0.2) is 18.2 Å². The molecule has 0 aliphatic rings. The highest BCUT2D eigenvalue weighted by atomic mass is 35.5. The minimum absolute atomic E-state index is 0.0870. The first kappa shape index (κ1) is 17.7. The van der Waals surface area contributed by atoms with Crippen molar-refractivity contribution in [3.05, 3.63) is 39.9 Å². The molecule has 1 heterocycles. The molecule has 0 amide bonds. The van der Waals surface area contributed by atoms with E-state index in [4.69, 9.17) is 11.6 Å². The summed E-state index contributed by atoms with van der Waals surface area (Å²) in [5.74, 6) is -0.536. The lowest BCUT2D eigenvalue weighted by atomic mass is 10.1. The zero-order chi connectivity index (χ0) is 17.2. The molecule has 6 nitrogen and oxygen atoms in total. The quantitative estimate of drug-likeness (QED) is 0.809. The Morgan fingerprint density at radius 3 is 2.48 bits per heavy atom. The molecule has 1 atom stereocenters. The molecule has 0 spiro atoms. The summed E-state index contributed by atoms with van der Waals surface area (Å²) in [5, 5.41) is 3.69. The summed E-state index contributed by atoms with van der Waals surface area (Å²) in [7, 11) is -1.94. The van der Waals surface area contributed by atoms with E-state index in [2.05, 4.69) is 15.0 Å². The number of nitrogens with one attached hydrogen (secondary N) is 1. The summed E-state index contributed by atoms with van der Waals surface area (Å²) in [6, 6.07) is 6.42. The third-order valence-corrected chi connectivity index (χ3v) is 5.59. The van der Waals surface area contributed by atoms with Crippen LogP contribution in [-0.4, -0.2) is 32.7 Å². The van der Waals surface area contributed by atoms with Crippen molar-refractivity contribution in [1.29, 1.82) is 0 Å². The molecular weight excluding hydrogens is 360 g/mol. The van der Waals surface area contributed by atoms with Gasteiger partial charge in [0.05, 0.1) is 18.0 Å². The van der Waals surface area contributed by atoms with Gasteiger partial charge in [0.15, 0.2) is 25.0 Å².